The van der Waals surface area contributed by atoms with E-state index in [1.807, 2.05) is 62.3 Å². The quantitative estimate of drug-likeness (QED) is 0.266. The van der Waals surface area contributed by atoms with Crippen molar-refractivity contribution in [3.05, 3.63) is 93.8 Å². The van der Waals surface area contributed by atoms with E-state index in [2.05, 4.69) is 44.0 Å². The van der Waals surface area contributed by atoms with Gasteiger partial charge in [0.25, 0.3) is 0 Å². The number of rotatable bonds is 7. The van der Waals surface area contributed by atoms with E-state index >= 15 is 0 Å². The lowest BCUT2D eigenvalue weighted by atomic mass is 10.0. The third kappa shape index (κ3) is 7.94. The summed E-state index contributed by atoms with van der Waals surface area (Å²) in [7, 11) is 1.95. The smallest absolute Gasteiger partial charge is 0.410 e. The van der Waals surface area contributed by atoms with Crippen LogP contribution in [0.25, 0.3) is 10.9 Å². The fourth-order valence-corrected chi connectivity index (χ4v) is 6.85. The molecule has 11 nitrogen and oxygen atoms in total. The summed E-state index contributed by atoms with van der Waals surface area (Å²) in [6, 6.07) is 14.2. The Hall–Kier alpha value is -4.77. The Morgan fingerprint density at radius 3 is 2.47 bits per heavy atom. The Morgan fingerprint density at radius 2 is 1.76 bits per heavy atom. The predicted molar refractivity (Wildman–Crippen MR) is 192 cm³/mol. The van der Waals surface area contributed by atoms with Crippen LogP contribution in [0.3, 0.4) is 0 Å². The van der Waals surface area contributed by atoms with Gasteiger partial charge in [0.2, 0.25) is 5.91 Å². The van der Waals surface area contributed by atoms with Crippen LogP contribution in [0.4, 0.5) is 16.2 Å². The SMILES string of the molecule is Cc1ccc(N2CCC[C@H](N(Cc3ccnc(C)c3)Cc3cn(C)c4cc(N5CCN(C(=O)OC(C)(C)C)CC5=O)ccc4c3=O)C2)cn1. The van der Waals surface area contributed by atoms with Crippen LogP contribution >= 0.6 is 0 Å². The molecule has 11 heteroatoms. The van der Waals surface area contributed by atoms with Gasteiger partial charge in [0, 0.05) is 92.8 Å². The number of hydrogen-bond acceptors (Lipinski definition) is 8. The van der Waals surface area contributed by atoms with Gasteiger partial charge in [-0.05, 0) is 95.5 Å². The maximum absolute atomic E-state index is 14.1. The highest BCUT2D eigenvalue weighted by Gasteiger charge is 2.32. The van der Waals surface area contributed by atoms with E-state index in [1.165, 1.54) is 10.5 Å². The molecule has 3 aromatic heterocycles. The zero-order valence-corrected chi connectivity index (χ0v) is 29.5. The Bertz CT molecular complexity index is 1900. The van der Waals surface area contributed by atoms with Gasteiger partial charge in [-0.3, -0.25) is 29.4 Å². The fraction of sp³-hybridized carbons (Fsp3) is 0.447. The van der Waals surface area contributed by atoms with Gasteiger partial charge in [-0.25, -0.2) is 4.79 Å². The fourth-order valence-electron chi connectivity index (χ4n) is 6.85. The molecule has 1 aromatic carbocycles. The Labute approximate surface area is 288 Å². The highest BCUT2D eigenvalue weighted by Crippen LogP contribution is 2.27. The van der Waals surface area contributed by atoms with Crippen molar-refractivity contribution < 1.29 is 14.3 Å². The summed E-state index contributed by atoms with van der Waals surface area (Å²) in [5, 5.41) is 0.610. The molecular weight excluding hydrogens is 618 g/mol. The molecule has 2 fully saturated rings. The lowest BCUT2D eigenvalue weighted by molar-refractivity contribution is -0.121. The largest absolute Gasteiger partial charge is 0.444 e. The molecule has 2 aliphatic rings. The summed E-state index contributed by atoms with van der Waals surface area (Å²) < 4.78 is 7.45. The van der Waals surface area contributed by atoms with Crippen molar-refractivity contribution in [1.82, 2.24) is 24.3 Å². The highest BCUT2D eigenvalue weighted by atomic mass is 16.6. The first-order valence-electron chi connectivity index (χ1n) is 17.1. The number of fused-ring (bicyclic) bond motifs is 1. The van der Waals surface area contributed by atoms with E-state index in [9.17, 15) is 14.4 Å². The number of nitrogens with zero attached hydrogens (tertiary/aromatic N) is 7. The molecule has 0 saturated carbocycles. The van der Waals surface area contributed by atoms with E-state index < -0.39 is 11.7 Å². The molecular formula is C38H47N7O4. The molecule has 5 heterocycles. The van der Waals surface area contributed by atoms with Gasteiger partial charge in [0.05, 0.1) is 17.4 Å². The molecule has 258 valence electrons. The third-order valence-electron chi connectivity index (χ3n) is 9.33. The molecule has 0 spiro atoms. The highest BCUT2D eigenvalue weighted by molar-refractivity contribution is 5.99. The molecule has 4 aromatic rings. The summed E-state index contributed by atoms with van der Waals surface area (Å²) in [4.78, 5) is 56.7. The third-order valence-corrected chi connectivity index (χ3v) is 9.33. The summed E-state index contributed by atoms with van der Waals surface area (Å²) >= 11 is 0. The van der Waals surface area contributed by atoms with E-state index in [0.717, 1.165) is 54.1 Å². The molecule has 2 amide bonds. The average Bonchev–Trinajstić information content (AvgIpc) is 3.06. The first kappa shape index (κ1) is 34.1. The van der Waals surface area contributed by atoms with Crippen LogP contribution < -0.4 is 15.2 Å². The topological polar surface area (TPSA) is 104 Å². The number of aromatic nitrogens is 3. The maximum atomic E-state index is 14.1. The molecule has 0 unspecified atom stereocenters. The van der Waals surface area contributed by atoms with Gasteiger partial charge < -0.3 is 19.1 Å². The number of carbonyl (C=O) groups excluding carboxylic acids is 2. The van der Waals surface area contributed by atoms with Crippen LogP contribution in [0.1, 0.15) is 56.1 Å². The Morgan fingerprint density at radius 1 is 0.959 bits per heavy atom. The minimum atomic E-state index is -0.635. The first-order chi connectivity index (χ1) is 23.3. The maximum Gasteiger partial charge on any atom is 0.410 e. The minimum absolute atomic E-state index is 0.00738. The number of hydrogen-bond donors (Lipinski definition) is 0. The Kier molecular flexibility index (Phi) is 9.74. The number of piperidine rings is 1. The van der Waals surface area contributed by atoms with Crippen molar-refractivity contribution in [2.24, 2.45) is 7.05 Å². The number of ether oxygens (including phenoxy) is 1. The van der Waals surface area contributed by atoms with Crippen LogP contribution in [-0.4, -0.2) is 80.7 Å². The number of carbonyl (C=O) groups is 2. The van der Waals surface area contributed by atoms with E-state index in [0.29, 0.717) is 37.3 Å². The second-order valence-corrected chi connectivity index (χ2v) is 14.4. The van der Waals surface area contributed by atoms with E-state index in [-0.39, 0.29) is 23.9 Å². The van der Waals surface area contributed by atoms with Crippen molar-refractivity contribution >= 4 is 34.3 Å². The van der Waals surface area contributed by atoms with Crippen LogP contribution in [0.2, 0.25) is 0 Å². The minimum Gasteiger partial charge on any atom is -0.444 e. The molecule has 49 heavy (non-hydrogen) atoms. The van der Waals surface area contributed by atoms with Gasteiger partial charge in [0.1, 0.15) is 12.1 Å². The molecule has 0 N–H and O–H groups in total. The molecule has 6 rings (SSSR count). The lowest BCUT2D eigenvalue weighted by Gasteiger charge is -2.40. The predicted octanol–water partition coefficient (Wildman–Crippen LogP) is 5.20. The molecule has 1 atom stereocenters. The van der Waals surface area contributed by atoms with Crippen molar-refractivity contribution in [2.45, 2.75) is 72.2 Å². The van der Waals surface area contributed by atoms with Crippen LogP contribution in [-0.2, 0) is 29.7 Å². The second-order valence-electron chi connectivity index (χ2n) is 14.4. The summed E-state index contributed by atoms with van der Waals surface area (Å²) in [6.45, 7) is 13.1. The molecule has 0 bridgehead atoms. The van der Waals surface area contributed by atoms with Crippen LogP contribution in [0.15, 0.2) is 65.8 Å². The molecule has 0 radical (unpaired) electrons. The number of aryl methyl sites for hydroxylation is 3. The zero-order chi connectivity index (χ0) is 34.9. The normalized spacial score (nSPS) is 17.2. The van der Waals surface area contributed by atoms with Gasteiger partial charge in [-0.1, -0.05) is 0 Å². The van der Waals surface area contributed by atoms with Gasteiger partial charge in [0.15, 0.2) is 5.43 Å². The first-order valence-corrected chi connectivity index (χ1v) is 17.1. The molecule has 0 aliphatic carbocycles. The second kappa shape index (κ2) is 14.0. The number of benzene rings is 1. The zero-order valence-electron chi connectivity index (χ0n) is 29.5. The number of amides is 2. The van der Waals surface area contributed by atoms with Crippen molar-refractivity contribution in [3.63, 3.8) is 0 Å². The van der Waals surface area contributed by atoms with Crippen molar-refractivity contribution in [3.8, 4) is 0 Å². The standard InChI is InChI=1S/C38H47N7O4/c1-26-9-10-31(20-40-26)42-15-7-8-32(24-42)44(21-28-13-14-39-27(2)18-28)23-29-22-41(6)34-19-30(11-12-33(34)36(29)47)45-17-16-43(25-35(45)46)37(48)49-38(3,4)5/h9-14,18-20,22,32H,7-8,15-17,21,23-25H2,1-6H3/t32-/m0/s1. The van der Waals surface area contributed by atoms with Crippen molar-refractivity contribution in [1.29, 1.82) is 0 Å². The van der Waals surface area contributed by atoms with E-state index in [1.54, 1.807) is 25.7 Å². The molecule has 2 saturated heterocycles. The lowest BCUT2D eigenvalue weighted by Crippen LogP contribution is -2.53. The summed E-state index contributed by atoms with van der Waals surface area (Å²) in [6.07, 6.45) is 7.33. The number of pyridine rings is 3. The number of anilines is 2. The number of piperazine rings is 1. The van der Waals surface area contributed by atoms with Crippen molar-refractivity contribution in [2.75, 3.05) is 42.5 Å². The van der Waals surface area contributed by atoms with Gasteiger partial charge >= 0.3 is 6.09 Å². The Balaban J connectivity index is 1.25. The van der Waals surface area contributed by atoms with Gasteiger partial charge in [-0.2, -0.15) is 0 Å². The molecule has 2 aliphatic heterocycles. The monoisotopic (exact) mass is 665 g/mol. The summed E-state index contributed by atoms with van der Waals surface area (Å²) in [5.41, 5.74) is 5.79. The van der Waals surface area contributed by atoms with Crippen LogP contribution in [0, 0.1) is 13.8 Å². The average molecular weight is 666 g/mol. The van der Waals surface area contributed by atoms with Gasteiger partial charge in [-0.15, -0.1) is 0 Å². The van der Waals surface area contributed by atoms with Crippen LogP contribution in [0.5, 0.6) is 0 Å². The summed E-state index contributed by atoms with van der Waals surface area (Å²) in [5.74, 6) is -0.192. The van der Waals surface area contributed by atoms with E-state index in [4.69, 9.17) is 4.74 Å².